The third-order valence-electron chi connectivity index (χ3n) is 6.22. The molecule has 0 saturated carbocycles. The van der Waals surface area contributed by atoms with Gasteiger partial charge in [-0.25, -0.2) is 0 Å². The largest absolute Gasteiger partial charge is 0.356 e. The summed E-state index contributed by atoms with van der Waals surface area (Å²) in [6.45, 7) is 6.56. The van der Waals surface area contributed by atoms with Crippen molar-refractivity contribution in [2.45, 2.75) is 26.2 Å². The number of hydrogen-bond donors (Lipinski definition) is 1. The van der Waals surface area contributed by atoms with Gasteiger partial charge in [0.2, 0.25) is 5.91 Å². The average molecular weight is 344 g/mol. The van der Waals surface area contributed by atoms with Crippen molar-refractivity contribution in [1.29, 1.82) is 0 Å². The van der Waals surface area contributed by atoms with Gasteiger partial charge in [0.05, 0.1) is 5.41 Å². The number of nitrogens with zero attached hydrogens (tertiary/aromatic N) is 3. The van der Waals surface area contributed by atoms with Crippen LogP contribution in [-0.4, -0.2) is 81.2 Å². The summed E-state index contributed by atoms with van der Waals surface area (Å²) in [7, 11) is -0.222. The topological polar surface area (TPSA) is 73.0 Å². The number of amides is 1. The first kappa shape index (κ1) is 17.1. The number of likely N-dealkylation sites (tertiary alicyclic amines) is 1. The predicted octanol–water partition coefficient (Wildman–Crippen LogP) is -0.283. The van der Waals surface area contributed by atoms with Gasteiger partial charge in [0.1, 0.15) is 0 Å². The van der Waals surface area contributed by atoms with Crippen LogP contribution in [0.2, 0.25) is 0 Å². The zero-order valence-electron chi connectivity index (χ0n) is 14.3. The van der Waals surface area contributed by atoms with Gasteiger partial charge < -0.3 is 10.2 Å². The molecule has 0 bridgehead atoms. The molecule has 3 aliphatic heterocycles. The molecule has 3 aliphatic rings. The summed E-state index contributed by atoms with van der Waals surface area (Å²) in [4.78, 5) is 15.0. The molecule has 0 aromatic carbocycles. The van der Waals surface area contributed by atoms with Gasteiger partial charge >= 0.3 is 0 Å². The second-order valence-electron chi connectivity index (χ2n) is 7.36. The molecule has 0 aromatic heterocycles. The highest BCUT2D eigenvalue weighted by atomic mass is 32.2. The molecule has 0 aromatic rings. The zero-order valence-corrected chi connectivity index (χ0v) is 15.2. The molecule has 132 valence electrons. The van der Waals surface area contributed by atoms with Crippen molar-refractivity contribution < 1.29 is 13.2 Å². The molecule has 7 nitrogen and oxygen atoms in total. The standard InChI is InChI=1S/C15H28N4O3S/c1-4-18-11-14(15(12-18)5-8-16-13(15)20)6-9-19(10-7-14)23(21,22)17(2)3/h4-12H2,1-3H3,(H,16,20). The Morgan fingerprint density at radius 1 is 1.17 bits per heavy atom. The molecule has 3 fully saturated rings. The second kappa shape index (κ2) is 5.68. The van der Waals surface area contributed by atoms with E-state index in [1.54, 1.807) is 18.4 Å². The molecule has 1 unspecified atom stereocenters. The molecule has 3 heterocycles. The third-order valence-corrected chi connectivity index (χ3v) is 8.16. The molecule has 3 rings (SSSR count). The Morgan fingerprint density at radius 3 is 2.30 bits per heavy atom. The van der Waals surface area contributed by atoms with Crippen LogP contribution in [0.5, 0.6) is 0 Å². The fourth-order valence-corrected chi connectivity index (χ4v) is 5.86. The number of piperidine rings is 1. The van der Waals surface area contributed by atoms with E-state index >= 15 is 0 Å². The van der Waals surface area contributed by atoms with Crippen LogP contribution in [0.15, 0.2) is 0 Å². The van der Waals surface area contributed by atoms with Gasteiger partial charge in [-0.1, -0.05) is 6.92 Å². The lowest BCUT2D eigenvalue weighted by Crippen LogP contribution is -2.54. The maximum Gasteiger partial charge on any atom is 0.281 e. The van der Waals surface area contributed by atoms with Gasteiger partial charge in [-0.3, -0.25) is 4.79 Å². The monoisotopic (exact) mass is 344 g/mol. The summed E-state index contributed by atoms with van der Waals surface area (Å²) in [6.07, 6.45) is 2.41. The fourth-order valence-electron chi connectivity index (χ4n) is 4.75. The van der Waals surface area contributed by atoms with Gasteiger partial charge in [0.15, 0.2) is 0 Å². The Balaban J connectivity index is 1.84. The van der Waals surface area contributed by atoms with Crippen LogP contribution in [0.1, 0.15) is 26.2 Å². The number of hydrogen-bond acceptors (Lipinski definition) is 4. The number of carbonyl (C=O) groups is 1. The van der Waals surface area contributed by atoms with Crippen molar-refractivity contribution in [3.63, 3.8) is 0 Å². The van der Waals surface area contributed by atoms with Crippen LogP contribution in [0, 0.1) is 10.8 Å². The van der Waals surface area contributed by atoms with Gasteiger partial charge in [-0.05, 0) is 25.8 Å². The second-order valence-corrected chi connectivity index (χ2v) is 9.50. The average Bonchev–Trinajstić information content (AvgIpc) is 3.03. The number of rotatable bonds is 3. The van der Waals surface area contributed by atoms with E-state index in [2.05, 4.69) is 17.1 Å². The molecule has 0 radical (unpaired) electrons. The van der Waals surface area contributed by atoms with E-state index in [1.165, 1.54) is 4.31 Å². The quantitative estimate of drug-likeness (QED) is 0.764. The number of carbonyl (C=O) groups excluding carboxylic acids is 1. The van der Waals surface area contributed by atoms with Crippen molar-refractivity contribution in [2.75, 3.05) is 53.4 Å². The molecular weight excluding hydrogens is 316 g/mol. The number of fused-ring (bicyclic) bond motifs is 1. The lowest BCUT2D eigenvalue weighted by molar-refractivity contribution is -0.133. The predicted molar refractivity (Wildman–Crippen MR) is 88.0 cm³/mol. The van der Waals surface area contributed by atoms with Gasteiger partial charge in [-0.2, -0.15) is 17.0 Å². The Labute approximate surface area is 139 Å². The highest BCUT2D eigenvalue weighted by molar-refractivity contribution is 7.86. The van der Waals surface area contributed by atoms with E-state index in [0.29, 0.717) is 13.1 Å². The van der Waals surface area contributed by atoms with Crippen LogP contribution in [0.3, 0.4) is 0 Å². The molecule has 1 N–H and O–H groups in total. The van der Waals surface area contributed by atoms with E-state index in [9.17, 15) is 13.2 Å². The van der Waals surface area contributed by atoms with E-state index in [0.717, 1.165) is 45.4 Å². The number of nitrogens with one attached hydrogen (secondary N) is 1. The van der Waals surface area contributed by atoms with Gasteiger partial charge in [0, 0.05) is 52.2 Å². The Morgan fingerprint density at radius 2 is 1.83 bits per heavy atom. The minimum Gasteiger partial charge on any atom is -0.356 e. The molecule has 2 spiro atoms. The van der Waals surface area contributed by atoms with Crippen molar-refractivity contribution in [2.24, 2.45) is 10.8 Å². The van der Waals surface area contributed by atoms with E-state index in [4.69, 9.17) is 0 Å². The van der Waals surface area contributed by atoms with E-state index in [-0.39, 0.29) is 16.7 Å². The molecule has 3 saturated heterocycles. The fraction of sp³-hybridized carbons (Fsp3) is 0.933. The third kappa shape index (κ3) is 2.42. The summed E-state index contributed by atoms with van der Waals surface area (Å²) in [6, 6.07) is 0. The molecular formula is C15H28N4O3S. The van der Waals surface area contributed by atoms with Crippen LogP contribution in [0.4, 0.5) is 0 Å². The van der Waals surface area contributed by atoms with Crippen molar-refractivity contribution in [1.82, 2.24) is 18.8 Å². The van der Waals surface area contributed by atoms with Crippen molar-refractivity contribution in [3.8, 4) is 0 Å². The zero-order chi connectivity index (χ0) is 16.9. The molecule has 1 atom stereocenters. The normalized spacial score (nSPS) is 32.3. The van der Waals surface area contributed by atoms with Crippen LogP contribution < -0.4 is 5.32 Å². The smallest absolute Gasteiger partial charge is 0.281 e. The van der Waals surface area contributed by atoms with Crippen molar-refractivity contribution in [3.05, 3.63) is 0 Å². The van der Waals surface area contributed by atoms with Crippen molar-refractivity contribution >= 4 is 16.1 Å². The van der Waals surface area contributed by atoms with Gasteiger partial charge in [-0.15, -0.1) is 0 Å². The first-order valence-corrected chi connectivity index (χ1v) is 9.85. The highest BCUT2D eigenvalue weighted by Gasteiger charge is 2.63. The summed E-state index contributed by atoms with van der Waals surface area (Å²) < 4.78 is 27.5. The van der Waals surface area contributed by atoms with E-state index in [1.807, 2.05) is 0 Å². The maximum absolute atomic E-state index is 12.6. The Kier molecular flexibility index (Phi) is 4.23. The molecule has 1 amide bonds. The summed E-state index contributed by atoms with van der Waals surface area (Å²) >= 11 is 0. The van der Waals surface area contributed by atoms with Crippen LogP contribution >= 0.6 is 0 Å². The molecule has 8 heteroatoms. The summed E-state index contributed by atoms with van der Waals surface area (Å²) in [5, 5.41) is 3.02. The van der Waals surface area contributed by atoms with Crippen LogP contribution in [-0.2, 0) is 15.0 Å². The Hall–Kier alpha value is -0.700. The lowest BCUT2D eigenvalue weighted by atomic mass is 9.60. The summed E-state index contributed by atoms with van der Waals surface area (Å²) in [5.41, 5.74) is -0.404. The SMILES string of the molecule is CCN1CC2(CCN(S(=O)(=O)N(C)C)CC2)C2(CCNC2=O)C1. The molecule has 0 aliphatic carbocycles. The minimum absolute atomic E-state index is 0.0814. The first-order valence-electron chi connectivity index (χ1n) is 8.46. The highest BCUT2D eigenvalue weighted by Crippen LogP contribution is 2.56. The summed E-state index contributed by atoms with van der Waals surface area (Å²) in [5.74, 6) is 0.178. The maximum atomic E-state index is 12.6. The minimum atomic E-state index is -3.36. The molecule has 23 heavy (non-hydrogen) atoms. The lowest BCUT2D eigenvalue weighted by Gasteiger charge is -2.46. The van der Waals surface area contributed by atoms with Gasteiger partial charge in [0.25, 0.3) is 10.2 Å². The van der Waals surface area contributed by atoms with E-state index < -0.39 is 10.2 Å². The first-order chi connectivity index (χ1) is 10.8. The Bertz CT molecular complexity index is 584. The van der Waals surface area contributed by atoms with Crippen LogP contribution in [0.25, 0.3) is 0 Å².